The molecule has 0 aromatic carbocycles. The molecule has 1 aliphatic rings. The van der Waals surface area contributed by atoms with Crippen LogP contribution in [0.25, 0.3) is 0 Å². The van der Waals surface area contributed by atoms with Crippen LogP contribution in [0, 0.1) is 0 Å². The van der Waals surface area contributed by atoms with E-state index in [1.807, 2.05) is 0 Å². The molecule has 21 heavy (non-hydrogen) atoms. The number of likely N-dealkylation sites (tertiary alicyclic amines) is 1. The van der Waals surface area contributed by atoms with Gasteiger partial charge in [0, 0.05) is 31.7 Å². The minimum Gasteiger partial charge on any atom is -0.370 e. The molecular weight excluding hydrogens is 262 g/mol. The lowest BCUT2D eigenvalue weighted by Gasteiger charge is -2.28. The molecule has 0 saturated carbocycles. The molecule has 0 bridgehead atoms. The average Bonchev–Trinajstić information content (AvgIpc) is 2.89. The van der Waals surface area contributed by atoms with E-state index in [9.17, 15) is 0 Å². The Hall–Kier alpha value is -1.36. The van der Waals surface area contributed by atoms with E-state index >= 15 is 0 Å². The average molecular weight is 291 g/mol. The van der Waals surface area contributed by atoms with Gasteiger partial charge in [-0.05, 0) is 39.3 Å². The third-order valence-electron chi connectivity index (χ3n) is 4.34. The Balaban J connectivity index is 2.13. The molecule has 1 aromatic heterocycles. The molecule has 1 fully saturated rings. The van der Waals surface area contributed by atoms with Crippen LogP contribution in [0.4, 0.5) is 11.6 Å². The van der Waals surface area contributed by atoms with Crippen molar-refractivity contribution in [2.24, 2.45) is 0 Å². The number of hydrogen-bond acceptors (Lipinski definition) is 5. The third kappa shape index (κ3) is 3.84. The molecule has 5 nitrogen and oxygen atoms in total. The van der Waals surface area contributed by atoms with Crippen molar-refractivity contribution >= 4 is 11.6 Å². The van der Waals surface area contributed by atoms with Crippen LogP contribution in [-0.4, -0.2) is 54.6 Å². The van der Waals surface area contributed by atoms with Crippen molar-refractivity contribution in [2.45, 2.75) is 45.6 Å². The largest absolute Gasteiger partial charge is 0.370 e. The molecule has 5 heteroatoms. The number of nitrogens with one attached hydrogen (secondary N) is 1. The summed E-state index contributed by atoms with van der Waals surface area (Å²) in [4.78, 5) is 13.7. The van der Waals surface area contributed by atoms with Gasteiger partial charge in [0.15, 0.2) is 0 Å². The van der Waals surface area contributed by atoms with Crippen LogP contribution in [0.2, 0.25) is 0 Å². The van der Waals surface area contributed by atoms with E-state index in [1.54, 1.807) is 6.33 Å². The minimum atomic E-state index is 0.640. The van der Waals surface area contributed by atoms with Crippen LogP contribution >= 0.6 is 0 Å². The molecule has 2 heterocycles. The second kappa shape index (κ2) is 7.59. The van der Waals surface area contributed by atoms with E-state index in [4.69, 9.17) is 0 Å². The Morgan fingerprint density at radius 3 is 2.81 bits per heavy atom. The molecule has 1 unspecified atom stereocenters. The molecule has 2 rings (SSSR count). The highest BCUT2D eigenvalue weighted by Crippen LogP contribution is 2.25. The van der Waals surface area contributed by atoms with Crippen LogP contribution < -0.4 is 10.2 Å². The fourth-order valence-corrected chi connectivity index (χ4v) is 3.07. The van der Waals surface area contributed by atoms with Gasteiger partial charge in [0.2, 0.25) is 0 Å². The van der Waals surface area contributed by atoms with Gasteiger partial charge in [-0.25, -0.2) is 9.97 Å². The summed E-state index contributed by atoms with van der Waals surface area (Å²) >= 11 is 0. The van der Waals surface area contributed by atoms with Gasteiger partial charge in [-0.15, -0.1) is 0 Å². The summed E-state index contributed by atoms with van der Waals surface area (Å²) in [6.07, 6.45) is 6.33. The Bertz CT molecular complexity index is 448. The standard InChI is InChI=1S/C16H29N5/c1-5-9-17-15-14(6-2)16(19-12-18-15)21(4)11-13-8-7-10-20(13)3/h12-13H,5-11H2,1-4H3,(H,17,18,19). The lowest BCUT2D eigenvalue weighted by molar-refractivity contribution is 0.314. The van der Waals surface area contributed by atoms with Crippen LogP contribution in [0.15, 0.2) is 6.33 Å². The first-order valence-electron chi connectivity index (χ1n) is 8.16. The Morgan fingerprint density at radius 1 is 1.38 bits per heavy atom. The second-order valence-corrected chi connectivity index (χ2v) is 5.96. The van der Waals surface area contributed by atoms with E-state index in [0.717, 1.165) is 37.6 Å². The first kappa shape index (κ1) is 16.0. The number of hydrogen-bond donors (Lipinski definition) is 1. The number of likely N-dealkylation sites (N-methyl/N-ethyl adjacent to an activating group) is 2. The van der Waals surface area contributed by atoms with E-state index < -0.39 is 0 Å². The molecule has 0 amide bonds. The number of anilines is 2. The second-order valence-electron chi connectivity index (χ2n) is 5.96. The van der Waals surface area contributed by atoms with Gasteiger partial charge in [-0.3, -0.25) is 0 Å². The van der Waals surface area contributed by atoms with Crippen LogP contribution in [0.3, 0.4) is 0 Å². The smallest absolute Gasteiger partial charge is 0.137 e. The summed E-state index contributed by atoms with van der Waals surface area (Å²) in [5.41, 5.74) is 1.23. The molecular formula is C16H29N5. The quantitative estimate of drug-likeness (QED) is 0.835. The van der Waals surface area contributed by atoms with Gasteiger partial charge < -0.3 is 15.1 Å². The Kier molecular flexibility index (Phi) is 5.79. The van der Waals surface area contributed by atoms with E-state index in [2.05, 4.69) is 53.0 Å². The highest BCUT2D eigenvalue weighted by atomic mass is 15.2. The third-order valence-corrected chi connectivity index (χ3v) is 4.34. The summed E-state index contributed by atoms with van der Waals surface area (Å²) in [5, 5.41) is 3.42. The fourth-order valence-electron chi connectivity index (χ4n) is 3.07. The molecule has 0 aliphatic carbocycles. The summed E-state index contributed by atoms with van der Waals surface area (Å²) in [6, 6.07) is 0.640. The highest BCUT2D eigenvalue weighted by Gasteiger charge is 2.23. The molecule has 118 valence electrons. The lowest BCUT2D eigenvalue weighted by Crippen LogP contribution is -2.37. The van der Waals surface area contributed by atoms with E-state index in [0.29, 0.717) is 6.04 Å². The van der Waals surface area contributed by atoms with Crippen molar-refractivity contribution < 1.29 is 0 Å². The normalized spacial score (nSPS) is 19.0. The van der Waals surface area contributed by atoms with Gasteiger partial charge in [-0.2, -0.15) is 0 Å². The molecule has 1 aromatic rings. The maximum absolute atomic E-state index is 4.54. The molecule has 0 radical (unpaired) electrons. The Labute approximate surface area is 128 Å². The highest BCUT2D eigenvalue weighted by molar-refractivity contribution is 5.58. The summed E-state index contributed by atoms with van der Waals surface area (Å²) in [7, 11) is 4.37. The van der Waals surface area contributed by atoms with Crippen molar-refractivity contribution in [3.8, 4) is 0 Å². The van der Waals surface area contributed by atoms with Gasteiger partial charge in [-0.1, -0.05) is 13.8 Å². The zero-order valence-corrected chi connectivity index (χ0v) is 13.9. The van der Waals surface area contributed by atoms with Crippen LogP contribution in [-0.2, 0) is 6.42 Å². The topological polar surface area (TPSA) is 44.3 Å². The van der Waals surface area contributed by atoms with E-state index in [-0.39, 0.29) is 0 Å². The predicted molar refractivity (Wildman–Crippen MR) is 89.1 cm³/mol. The maximum atomic E-state index is 4.54. The van der Waals surface area contributed by atoms with Crippen molar-refractivity contribution in [1.29, 1.82) is 0 Å². The predicted octanol–water partition coefficient (Wildman–Crippen LogP) is 2.39. The van der Waals surface area contributed by atoms with Crippen molar-refractivity contribution in [3.63, 3.8) is 0 Å². The first-order chi connectivity index (χ1) is 10.2. The van der Waals surface area contributed by atoms with Gasteiger partial charge in [0.1, 0.15) is 18.0 Å². The summed E-state index contributed by atoms with van der Waals surface area (Å²) in [5.74, 6) is 2.07. The van der Waals surface area contributed by atoms with E-state index in [1.165, 1.54) is 24.9 Å². The van der Waals surface area contributed by atoms with Gasteiger partial charge in [0.05, 0.1) is 0 Å². The number of nitrogens with zero attached hydrogens (tertiary/aromatic N) is 4. The molecule has 1 saturated heterocycles. The monoisotopic (exact) mass is 291 g/mol. The zero-order valence-electron chi connectivity index (χ0n) is 13.9. The fraction of sp³-hybridized carbons (Fsp3) is 0.750. The SMILES string of the molecule is CCCNc1ncnc(N(C)CC2CCCN2C)c1CC. The maximum Gasteiger partial charge on any atom is 0.137 e. The van der Waals surface area contributed by atoms with Crippen molar-refractivity contribution in [2.75, 3.05) is 43.9 Å². The molecule has 1 N–H and O–H groups in total. The number of rotatable bonds is 7. The minimum absolute atomic E-state index is 0.640. The van der Waals surface area contributed by atoms with Gasteiger partial charge >= 0.3 is 0 Å². The lowest BCUT2D eigenvalue weighted by atomic mass is 10.1. The number of aromatic nitrogens is 2. The van der Waals surface area contributed by atoms with Crippen LogP contribution in [0.1, 0.15) is 38.7 Å². The van der Waals surface area contributed by atoms with Crippen molar-refractivity contribution in [1.82, 2.24) is 14.9 Å². The first-order valence-corrected chi connectivity index (χ1v) is 8.16. The van der Waals surface area contributed by atoms with Crippen molar-refractivity contribution in [3.05, 3.63) is 11.9 Å². The summed E-state index contributed by atoms with van der Waals surface area (Å²) in [6.45, 7) is 7.55. The molecule has 0 spiro atoms. The molecule has 1 aliphatic heterocycles. The molecule has 1 atom stereocenters. The Morgan fingerprint density at radius 2 is 2.19 bits per heavy atom. The summed E-state index contributed by atoms with van der Waals surface area (Å²) < 4.78 is 0. The zero-order chi connectivity index (χ0) is 15.2. The van der Waals surface area contributed by atoms with Crippen LogP contribution in [0.5, 0.6) is 0 Å². The van der Waals surface area contributed by atoms with Gasteiger partial charge in [0.25, 0.3) is 0 Å².